The lowest BCUT2D eigenvalue weighted by atomic mass is 10.0. The van der Waals surface area contributed by atoms with Crippen LogP contribution in [0.1, 0.15) is 31.4 Å². The second kappa shape index (κ2) is 5.33. The Morgan fingerprint density at radius 3 is 2.58 bits per heavy atom. The normalized spacial score (nSPS) is 24.5. The Labute approximate surface area is 115 Å². The van der Waals surface area contributed by atoms with Crippen LogP contribution in [-0.4, -0.2) is 41.9 Å². The summed E-state index contributed by atoms with van der Waals surface area (Å²) in [6.07, 6.45) is 2.78. The molecule has 0 spiro atoms. The third-order valence-electron chi connectivity index (χ3n) is 4.27. The zero-order valence-corrected chi connectivity index (χ0v) is 11.6. The molecule has 3 rings (SSSR count). The van der Waals surface area contributed by atoms with Crippen molar-refractivity contribution < 1.29 is 4.79 Å². The average molecular weight is 258 g/mol. The fourth-order valence-electron chi connectivity index (χ4n) is 3.01. The molecule has 2 aliphatic rings. The van der Waals surface area contributed by atoms with Gasteiger partial charge in [0.2, 0.25) is 5.91 Å². The van der Waals surface area contributed by atoms with Crippen molar-refractivity contribution in [2.24, 2.45) is 5.92 Å². The fraction of sp³-hybridized carbons (Fsp3) is 0.562. The van der Waals surface area contributed by atoms with E-state index in [0.717, 1.165) is 25.6 Å². The minimum Gasteiger partial charge on any atom is -0.333 e. The second-order valence-corrected chi connectivity index (χ2v) is 5.84. The van der Waals surface area contributed by atoms with E-state index in [1.165, 1.54) is 24.9 Å². The number of hydrogen-bond acceptors (Lipinski definition) is 2. The van der Waals surface area contributed by atoms with E-state index >= 15 is 0 Å². The van der Waals surface area contributed by atoms with E-state index in [1.54, 1.807) is 6.92 Å². The van der Waals surface area contributed by atoms with Crippen LogP contribution in [0.3, 0.4) is 0 Å². The van der Waals surface area contributed by atoms with Crippen LogP contribution < -0.4 is 0 Å². The average Bonchev–Trinajstić information content (AvgIpc) is 3.23. The summed E-state index contributed by atoms with van der Waals surface area (Å²) in [7, 11) is 0. The number of hydrogen-bond donors (Lipinski definition) is 0. The van der Waals surface area contributed by atoms with Crippen LogP contribution in [0.4, 0.5) is 0 Å². The number of amides is 1. The lowest BCUT2D eigenvalue weighted by molar-refractivity contribution is -0.134. The Kier molecular flexibility index (Phi) is 3.56. The first-order chi connectivity index (χ1) is 9.24. The van der Waals surface area contributed by atoms with Gasteiger partial charge in [0.25, 0.3) is 0 Å². The van der Waals surface area contributed by atoms with Gasteiger partial charge in [-0.25, -0.2) is 0 Å². The monoisotopic (exact) mass is 258 g/mol. The van der Waals surface area contributed by atoms with Gasteiger partial charge < -0.3 is 4.90 Å². The van der Waals surface area contributed by atoms with E-state index in [9.17, 15) is 4.79 Å². The molecule has 1 amide bonds. The van der Waals surface area contributed by atoms with Crippen molar-refractivity contribution in [3.63, 3.8) is 0 Å². The predicted octanol–water partition coefficient (Wildman–Crippen LogP) is 2.30. The molecule has 2 fully saturated rings. The maximum absolute atomic E-state index is 11.8. The largest absolute Gasteiger partial charge is 0.333 e. The highest BCUT2D eigenvalue weighted by molar-refractivity contribution is 5.74. The molecule has 0 bridgehead atoms. The molecule has 0 radical (unpaired) electrons. The van der Waals surface area contributed by atoms with Gasteiger partial charge in [0.05, 0.1) is 6.04 Å². The number of carbonyl (C=O) groups is 1. The minimum absolute atomic E-state index is 0.194. The molecule has 1 aliphatic carbocycles. The van der Waals surface area contributed by atoms with E-state index in [4.69, 9.17) is 0 Å². The Hall–Kier alpha value is -1.35. The summed E-state index contributed by atoms with van der Waals surface area (Å²) in [6, 6.07) is 10.7. The van der Waals surface area contributed by atoms with Crippen molar-refractivity contribution in [3.05, 3.63) is 35.9 Å². The van der Waals surface area contributed by atoms with Gasteiger partial charge in [0.15, 0.2) is 0 Å². The van der Waals surface area contributed by atoms with E-state index < -0.39 is 0 Å². The smallest absolute Gasteiger partial charge is 0.220 e. The number of rotatable bonds is 3. The zero-order chi connectivity index (χ0) is 13.2. The van der Waals surface area contributed by atoms with Crippen LogP contribution in [0, 0.1) is 5.92 Å². The van der Waals surface area contributed by atoms with Gasteiger partial charge in [0.1, 0.15) is 0 Å². The SMILES string of the molecule is CC(=O)N1CCN(CC2CC2)C[C@H]1c1ccccc1. The van der Waals surface area contributed by atoms with Crippen molar-refractivity contribution in [1.82, 2.24) is 9.80 Å². The Morgan fingerprint density at radius 1 is 1.21 bits per heavy atom. The molecule has 1 atom stereocenters. The maximum atomic E-state index is 11.8. The first-order valence-corrected chi connectivity index (χ1v) is 7.28. The van der Waals surface area contributed by atoms with Gasteiger partial charge in [-0.3, -0.25) is 9.69 Å². The molecular weight excluding hydrogens is 236 g/mol. The highest BCUT2D eigenvalue weighted by Gasteiger charge is 2.32. The summed E-state index contributed by atoms with van der Waals surface area (Å²) < 4.78 is 0. The molecule has 1 heterocycles. The highest BCUT2D eigenvalue weighted by Crippen LogP contribution is 2.32. The zero-order valence-electron chi connectivity index (χ0n) is 11.6. The summed E-state index contributed by atoms with van der Waals surface area (Å²) in [5.41, 5.74) is 1.26. The molecule has 1 saturated heterocycles. The van der Waals surface area contributed by atoms with Gasteiger partial charge in [-0.05, 0) is 24.3 Å². The van der Waals surface area contributed by atoms with Crippen molar-refractivity contribution in [1.29, 1.82) is 0 Å². The van der Waals surface area contributed by atoms with Gasteiger partial charge in [-0.2, -0.15) is 0 Å². The summed E-state index contributed by atoms with van der Waals surface area (Å²) in [5.74, 6) is 1.11. The molecule has 0 N–H and O–H groups in total. The lowest BCUT2D eigenvalue weighted by Crippen LogP contribution is -2.50. The molecule has 0 unspecified atom stereocenters. The molecular formula is C16H22N2O. The number of benzene rings is 1. The van der Waals surface area contributed by atoms with Gasteiger partial charge in [-0.1, -0.05) is 30.3 Å². The van der Waals surface area contributed by atoms with E-state index in [2.05, 4.69) is 29.2 Å². The van der Waals surface area contributed by atoms with Crippen LogP contribution in [0.15, 0.2) is 30.3 Å². The van der Waals surface area contributed by atoms with Gasteiger partial charge in [0, 0.05) is 33.1 Å². The molecule has 102 valence electrons. The van der Waals surface area contributed by atoms with E-state index in [0.29, 0.717) is 0 Å². The van der Waals surface area contributed by atoms with Crippen LogP contribution >= 0.6 is 0 Å². The number of piperazine rings is 1. The molecule has 1 aliphatic heterocycles. The summed E-state index contributed by atoms with van der Waals surface area (Å²) in [6.45, 7) is 5.78. The Balaban J connectivity index is 1.75. The molecule has 19 heavy (non-hydrogen) atoms. The summed E-state index contributed by atoms with van der Waals surface area (Å²) in [4.78, 5) is 16.4. The summed E-state index contributed by atoms with van der Waals surface area (Å²) >= 11 is 0. The van der Waals surface area contributed by atoms with Crippen LogP contribution in [-0.2, 0) is 4.79 Å². The van der Waals surface area contributed by atoms with Crippen LogP contribution in [0.25, 0.3) is 0 Å². The Bertz CT molecular complexity index is 441. The van der Waals surface area contributed by atoms with Crippen molar-refractivity contribution in [2.45, 2.75) is 25.8 Å². The van der Waals surface area contributed by atoms with Gasteiger partial charge in [-0.15, -0.1) is 0 Å². The molecule has 3 nitrogen and oxygen atoms in total. The highest BCUT2D eigenvalue weighted by atomic mass is 16.2. The molecule has 0 aromatic heterocycles. The summed E-state index contributed by atoms with van der Waals surface area (Å²) in [5, 5.41) is 0. The first-order valence-electron chi connectivity index (χ1n) is 7.28. The van der Waals surface area contributed by atoms with Crippen molar-refractivity contribution in [2.75, 3.05) is 26.2 Å². The minimum atomic E-state index is 0.194. The standard InChI is InChI=1S/C16H22N2O/c1-13(19)18-10-9-17(11-14-7-8-14)12-16(18)15-5-3-2-4-6-15/h2-6,14,16H,7-12H2,1H3/t16-/m0/s1. The Morgan fingerprint density at radius 2 is 1.95 bits per heavy atom. The van der Waals surface area contributed by atoms with Crippen molar-refractivity contribution >= 4 is 5.91 Å². The van der Waals surface area contributed by atoms with E-state index in [1.807, 2.05) is 11.0 Å². The number of carbonyl (C=O) groups excluding carboxylic acids is 1. The van der Waals surface area contributed by atoms with E-state index in [-0.39, 0.29) is 11.9 Å². The third kappa shape index (κ3) is 2.98. The van der Waals surface area contributed by atoms with Crippen LogP contribution in [0.5, 0.6) is 0 Å². The fourth-order valence-corrected chi connectivity index (χ4v) is 3.01. The molecule has 1 aromatic carbocycles. The maximum Gasteiger partial charge on any atom is 0.220 e. The predicted molar refractivity (Wildman–Crippen MR) is 75.7 cm³/mol. The molecule has 1 aromatic rings. The molecule has 3 heteroatoms. The third-order valence-corrected chi connectivity index (χ3v) is 4.27. The second-order valence-electron chi connectivity index (χ2n) is 5.84. The lowest BCUT2D eigenvalue weighted by Gasteiger charge is -2.41. The van der Waals surface area contributed by atoms with Gasteiger partial charge >= 0.3 is 0 Å². The topological polar surface area (TPSA) is 23.6 Å². The number of nitrogens with zero attached hydrogens (tertiary/aromatic N) is 2. The van der Waals surface area contributed by atoms with Crippen LogP contribution in [0.2, 0.25) is 0 Å². The quantitative estimate of drug-likeness (QED) is 0.830. The molecule has 1 saturated carbocycles. The first kappa shape index (κ1) is 12.7. The van der Waals surface area contributed by atoms with Crippen molar-refractivity contribution in [3.8, 4) is 0 Å².